The van der Waals surface area contributed by atoms with Crippen molar-refractivity contribution in [3.8, 4) is 11.5 Å². The average molecular weight is 358 g/mol. The topological polar surface area (TPSA) is 65.0 Å². The number of carbonyl (C=O) groups is 1. The van der Waals surface area contributed by atoms with Crippen LogP contribution in [0, 0.1) is 5.92 Å². The van der Waals surface area contributed by atoms with E-state index in [0.717, 1.165) is 18.4 Å². The molecule has 1 aromatic carbocycles. The quantitative estimate of drug-likeness (QED) is 0.615. The van der Waals surface area contributed by atoms with Gasteiger partial charge < -0.3 is 19.3 Å². The van der Waals surface area contributed by atoms with Crippen LogP contribution in [0.3, 0.4) is 0 Å². The standard InChI is InChI=1S/C18H24F2O5/c1-2-23-17(22)10-14(21)7-5-12-6-8-15(25-18(19)20)16(9-12)24-11-13-3-4-13/h6,8-9,13-14,18,21H,2-5,7,10-11H2,1H3. The van der Waals surface area contributed by atoms with E-state index in [1.54, 1.807) is 19.1 Å². The summed E-state index contributed by atoms with van der Waals surface area (Å²) in [5, 5.41) is 9.88. The summed E-state index contributed by atoms with van der Waals surface area (Å²) >= 11 is 0. The lowest BCUT2D eigenvalue weighted by Crippen LogP contribution is -2.16. The first-order valence-corrected chi connectivity index (χ1v) is 8.52. The predicted octanol–water partition coefficient (Wildman–Crippen LogP) is 3.32. The van der Waals surface area contributed by atoms with Crippen LogP contribution in [0.5, 0.6) is 11.5 Å². The number of alkyl halides is 2. The smallest absolute Gasteiger partial charge is 0.387 e. The average Bonchev–Trinajstić information content (AvgIpc) is 3.36. The van der Waals surface area contributed by atoms with Crippen LogP contribution in [-0.2, 0) is 16.0 Å². The lowest BCUT2D eigenvalue weighted by Gasteiger charge is -2.14. The Morgan fingerprint density at radius 3 is 2.72 bits per heavy atom. The molecule has 25 heavy (non-hydrogen) atoms. The van der Waals surface area contributed by atoms with Crippen molar-refractivity contribution in [2.45, 2.75) is 51.7 Å². The molecule has 1 aliphatic rings. The molecule has 0 amide bonds. The Kier molecular flexibility index (Phi) is 7.43. The third-order valence-corrected chi connectivity index (χ3v) is 3.87. The summed E-state index contributed by atoms with van der Waals surface area (Å²) in [5.74, 6) is 0.328. The van der Waals surface area contributed by atoms with Crippen molar-refractivity contribution in [3.63, 3.8) is 0 Å². The van der Waals surface area contributed by atoms with Gasteiger partial charge in [-0.25, -0.2) is 0 Å². The van der Waals surface area contributed by atoms with Crippen LogP contribution in [0.1, 0.15) is 38.2 Å². The Bertz CT molecular complexity index is 560. The Balaban J connectivity index is 1.92. The van der Waals surface area contributed by atoms with Crippen molar-refractivity contribution in [1.29, 1.82) is 0 Å². The lowest BCUT2D eigenvalue weighted by atomic mass is 10.0. The maximum Gasteiger partial charge on any atom is 0.387 e. The summed E-state index contributed by atoms with van der Waals surface area (Å²) in [5.41, 5.74) is 0.815. The molecule has 1 N–H and O–H groups in total. The summed E-state index contributed by atoms with van der Waals surface area (Å²) in [7, 11) is 0. The zero-order valence-electron chi connectivity index (χ0n) is 14.2. The first-order valence-electron chi connectivity index (χ1n) is 8.52. The van der Waals surface area contributed by atoms with Gasteiger partial charge in [0.2, 0.25) is 0 Å². The fourth-order valence-corrected chi connectivity index (χ4v) is 2.35. The molecule has 1 saturated carbocycles. The van der Waals surface area contributed by atoms with Gasteiger partial charge in [-0.05, 0) is 56.2 Å². The summed E-state index contributed by atoms with van der Waals surface area (Å²) < 4.78 is 39.9. The molecule has 0 saturated heterocycles. The maximum atomic E-state index is 12.5. The number of aryl methyl sites for hydroxylation is 1. The van der Waals surface area contributed by atoms with Crippen LogP contribution < -0.4 is 9.47 Å². The molecule has 0 aromatic heterocycles. The van der Waals surface area contributed by atoms with Crippen molar-refractivity contribution in [3.05, 3.63) is 23.8 Å². The maximum absolute atomic E-state index is 12.5. The highest BCUT2D eigenvalue weighted by Crippen LogP contribution is 2.34. The van der Waals surface area contributed by atoms with Gasteiger partial charge in [-0.15, -0.1) is 0 Å². The highest BCUT2D eigenvalue weighted by atomic mass is 19.3. The summed E-state index contributed by atoms with van der Waals surface area (Å²) in [4.78, 5) is 11.3. The van der Waals surface area contributed by atoms with E-state index in [1.165, 1.54) is 6.07 Å². The van der Waals surface area contributed by atoms with Gasteiger partial charge >= 0.3 is 12.6 Å². The van der Waals surface area contributed by atoms with Gasteiger partial charge in [0.05, 0.1) is 25.7 Å². The van der Waals surface area contributed by atoms with Gasteiger partial charge in [-0.3, -0.25) is 4.79 Å². The van der Waals surface area contributed by atoms with Crippen LogP contribution in [0.25, 0.3) is 0 Å². The van der Waals surface area contributed by atoms with E-state index < -0.39 is 18.7 Å². The summed E-state index contributed by atoms with van der Waals surface area (Å²) in [6.45, 7) is -0.454. The highest BCUT2D eigenvalue weighted by Gasteiger charge is 2.23. The molecule has 0 radical (unpaired) electrons. The third-order valence-electron chi connectivity index (χ3n) is 3.87. The minimum absolute atomic E-state index is 0.00599. The van der Waals surface area contributed by atoms with E-state index >= 15 is 0 Å². The molecule has 7 heteroatoms. The van der Waals surface area contributed by atoms with Crippen LogP contribution in [0.15, 0.2) is 18.2 Å². The van der Waals surface area contributed by atoms with Crippen molar-refractivity contribution in [2.75, 3.05) is 13.2 Å². The molecule has 1 atom stereocenters. The highest BCUT2D eigenvalue weighted by molar-refractivity contribution is 5.69. The van der Waals surface area contributed by atoms with E-state index in [-0.39, 0.29) is 24.5 Å². The lowest BCUT2D eigenvalue weighted by molar-refractivity contribution is -0.145. The molecule has 1 fully saturated rings. The van der Waals surface area contributed by atoms with Crippen molar-refractivity contribution in [1.82, 2.24) is 0 Å². The van der Waals surface area contributed by atoms with Crippen molar-refractivity contribution >= 4 is 5.97 Å². The van der Waals surface area contributed by atoms with Gasteiger partial charge in [0.1, 0.15) is 0 Å². The fourth-order valence-electron chi connectivity index (χ4n) is 2.35. The SMILES string of the molecule is CCOC(=O)CC(O)CCc1ccc(OC(F)F)c(OCC2CC2)c1. The van der Waals surface area contributed by atoms with Crippen LogP contribution in [-0.4, -0.2) is 37.0 Å². The van der Waals surface area contributed by atoms with Gasteiger partial charge in [-0.1, -0.05) is 6.07 Å². The van der Waals surface area contributed by atoms with Gasteiger partial charge in [0.15, 0.2) is 11.5 Å². The number of hydrogen-bond donors (Lipinski definition) is 1. The van der Waals surface area contributed by atoms with Gasteiger partial charge in [0, 0.05) is 0 Å². The Morgan fingerprint density at radius 2 is 2.08 bits per heavy atom. The number of benzene rings is 1. The molecule has 5 nitrogen and oxygen atoms in total. The number of aliphatic hydroxyl groups is 1. The largest absolute Gasteiger partial charge is 0.489 e. The molecule has 1 aromatic rings. The third kappa shape index (κ3) is 7.25. The molecule has 1 aliphatic carbocycles. The van der Waals surface area contributed by atoms with E-state index in [0.29, 0.717) is 25.4 Å². The Labute approximate surface area is 145 Å². The molecular weight excluding hydrogens is 334 g/mol. The summed E-state index contributed by atoms with van der Waals surface area (Å²) in [6, 6.07) is 4.75. The van der Waals surface area contributed by atoms with Crippen LogP contribution >= 0.6 is 0 Å². The van der Waals surface area contributed by atoms with E-state index in [2.05, 4.69) is 4.74 Å². The molecule has 1 unspecified atom stereocenters. The van der Waals surface area contributed by atoms with E-state index in [4.69, 9.17) is 9.47 Å². The number of carbonyl (C=O) groups excluding carboxylic acids is 1. The van der Waals surface area contributed by atoms with Gasteiger partial charge in [-0.2, -0.15) is 8.78 Å². The summed E-state index contributed by atoms with van der Waals surface area (Å²) in [6.07, 6.45) is 2.14. The number of esters is 1. The molecule has 140 valence electrons. The Morgan fingerprint density at radius 1 is 1.32 bits per heavy atom. The van der Waals surface area contributed by atoms with E-state index in [1.807, 2.05) is 0 Å². The monoisotopic (exact) mass is 358 g/mol. The molecular formula is C18H24F2O5. The Hall–Kier alpha value is -1.89. The minimum Gasteiger partial charge on any atom is -0.489 e. The number of rotatable bonds is 11. The zero-order valence-corrected chi connectivity index (χ0v) is 14.2. The number of halogens is 2. The van der Waals surface area contributed by atoms with Crippen molar-refractivity contribution in [2.24, 2.45) is 5.92 Å². The van der Waals surface area contributed by atoms with Crippen LogP contribution in [0.2, 0.25) is 0 Å². The predicted molar refractivity (Wildman–Crippen MR) is 86.9 cm³/mol. The normalized spacial score (nSPS) is 15.1. The molecule has 0 aliphatic heterocycles. The first-order chi connectivity index (χ1) is 12.0. The second-order valence-electron chi connectivity index (χ2n) is 6.12. The minimum atomic E-state index is -2.92. The molecule has 2 rings (SSSR count). The second kappa shape index (κ2) is 9.56. The molecule has 0 heterocycles. The van der Waals surface area contributed by atoms with E-state index in [9.17, 15) is 18.7 Å². The number of hydrogen-bond acceptors (Lipinski definition) is 5. The van der Waals surface area contributed by atoms with Crippen LogP contribution in [0.4, 0.5) is 8.78 Å². The van der Waals surface area contributed by atoms with Crippen molar-refractivity contribution < 1.29 is 32.9 Å². The van der Waals surface area contributed by atoms with Gasteiger partial charge in [0.25, 0.3) is 0 Å². The first kappa shape index (κ1) is 19.4. The zero-order chi connectivity index (χ0) is 18.2. The second-order valence-corrected chi connectivity index (χ2v) is 6.12. The fraction of sp³-hybridized carbons (Fsp3) is 0.611. The molecule has 0 bridgehead atoms. The number of aliphatic hydroxyl groups excluding tert-OH is 1. The number of ether oxygens (including phenoxy) is 3. The molecule has 0 spiro atoms.